The Labute approximate surface area is 70.1 Å². The van der Waals surface area contributed by atoms with E-state index in [0.29, 0.717) is 6.10 Å². The third kappa shape index (κ3) is 3.76. The molecule has 0 spiro atoms. The smallest absolute Gasteiger partial charge is 0.0812 e. The molecule has 1 saturated heterocycles. The third-order valence-electron chi connectivity index (χ3n) is 2.39. The van der Waals surface area contributed by atoms with Crippen LogP contribution in [0.25, 0.3) is 0 Å². The molecule has 11 heavy (non-hydrogen) atoms. The van der Waals surface area contributed by atoms with Crippen molar-refractivity contribution >= 4 is 0 Å². The maximum absolute atomic E-state index is 5.23. The van der Waals surface area contributed by atoms with Crippen LogP contribution in [-0.4, -0.2) is 12.7 Å². The van der Waals surface area contributed by atoms with Crippen molar-refractivity contribution in [3.8, 4) is 0 Å². The molecule has 1 heteroatoms. The lowest BCUT2D eigenvalue weighted by molar-refractivity contribution is 0.327. The van der Waals surface area contributed by atoms with Crippen molar-refractivity contribution in [2.75, 3.05) is 6.61 Å². The predicted octanol–water partition coefficient (Wildman–Crippen LogP) is 2.99. The lowest BCUT2D eigenvalue weighted by Crippen LogP contribution is -2.03. The zero-order valence-corrected chi connectivity index (χ0v) is 7.81. The average molecular weight is 156 g/mol. The largest absolute Gasteiger partial charge is 0.373 e. The van der Waals surface area contributed by atoms with E-state index in [9.17, 15) is 0 Å². The van der Waals surface area contributed by atoms with Crippen LogP contribution in [0.1, 0.15) is 46.0 Å². The highest BCUT2D eigenvalue weighted by Gasteiger charge is 2.25. The van der Waals surface area contributed by atoms with Gasteiger partial charge in [0, 0.05) is 0 Å². The monoisotopic (exact) mass is 156 g/mol. The lowest BCUT2D eigenvalue weighted by atomic mass is 9.93. The molecule has 1 aliphatic rings. The molecule has 0 aliphatic carbocycles. The molecule has 0 N–H and O–H groups in total. The summed E-state index contributed by atoms with van der Waals surface area (Å²) in [5.41, 5.74) is 0. The van der Waals surface area contributed by atoms with Gasteiger partial charge in [-0.05, 0) is 12.3 Å². The molecule has 1 heterocycles. The molecule has 0 bridgehead atoms. The second-order valence-electron chi connectivity index (χ2n) is 3.63. The normalized spacial score (nSPS) is 22.6. The summed E-state index contributed by atoms with van der Waals surface area (Å²) in [5, 5.41) is 0. The molecule has 1 fully saturated rings. The van der Waals surface area contributed by atoms with Crippen molar-refractivity contribution in [1.29, 1.82) is 0 Å². The topological polar surface area (TPSA) is 12.5 Å². The van der Waals surface area contributed by atoms with Crippen molar-refractivity contribution in [2.45, 2.75) is 52.1 Å². The van der Waals surface area contributed by atoms with E-state index in [4.69, 9.17) is 4.74 Å². The molecule has 66 valence electrons. The highest BCUT2D eigenvalue weighted by Crippen LogP contribution is 2.25. The molecule has 1 aliphatic heterocycles. The van der Waals surface area contributed by atoms with Gasteiger partial charge in [-0.15, -0.1) is 0 Å². The minimum Gasteiger partial charge on any atom is -0.373 e. The molecular formula is C10H20O. The van der Waals surface area contributed by atoms with Crippen LogP contribution in [0.4, 0.5) is 0 Å². The molecule has 1 rings (SSSR count). The predicted molar refractivity (Wildman–Crippen MR) is 47.7 cm³/mol. The van der Waals surface area contributed by atoms with Crippen molar-refractivity contribution in [3.05, 3.63) is 0 Å². The van der Waals surface area contributed by atoms with E-state index < -0.39 is 0 Å². The van der Waals surface area contributed by atoms with Crippen LogP contribution in [0.15, 0.2) is 0 Å². The van der Waals surface area contributed by atoms with Crippen molar-refractivity contribution < 1.29 is 4.74 Å². The van der Waals surface area contributed by atoms with Crippen molar-refractivity contribution in [1.82, 2.24) is 0 Å². The van der Waals surface area contributed by atoms with E-state index in [1.165, 1.54) is 32.1 Å². The number of ether oxygens (including phenoxy) is 1. The molecule has 1 nitrogen and oxygen atoms in total. The first kappa shape index (κ1) is 9.05. The van der Waals surface area contributed by atoms with E-state index in [0.717, 1.165) is 12.5 Å². The van der Waals surface area contributed by atoms with E-state index in [-0.39, 0.29) is 0 Å². The highest BCUT2D eigenvalue weighted by molar-refractivity contribution is 4.73. The van der Waals surface area contributed by atoms with Gasteiger partial charge in [-0.1, -0.05) is 39.5 Å². The van der Waals surface area contributed by atoms with Gasteiger partial charge in [-0.2, -0.15) is 0 Å². The van der Waals surface area contributed by atoms with E-state index in [1.807, 2.05) is 0 Å². The number of epoxide rings is 1. The Bertz CT molecular complexity index is 91.0. The number of rotatable bonds is 6. The second-order valence-corrected chi connectivity index (χ2v) is 3.63. The Morgan fingerprint density at radius 1 is 1.27 bits per heavy atom. The molecule has 0 aromatic heterocycles. The Hall–Kier alpha value is -0.0400. The fourth-order valence-corrected chi connectivity index (χ4v) is 1.77. The molecular weight excluding hydrogens is 136 g/mol. The summed E-state index contributed by atoms with van der Waals surface area (Å²) in [6, 6.07) is 0. The molecule has 0 aromatic carbocycles. The third-order valence-corrected chi connectivity index (χ3v) is 2.39. The van der Waals surface area contributed by atoms with E-state index in [2.05, 4.69) is 13.8 Å². The van der Waals surface area contributed by atoms with Gasteiger partial charge in [0.2, 0.25) is 0 Å². The lowest BCUT2D eigenvalue weighted by Gasteiger charge is -2.12. The summed E-state index contributed by atoms with van der Waals surface area (Å²) >= 11 is 0. The first-order valence-electron chi connectivity index (χ1n) is 4.98. The van der Waals surface area contributed by atoms with Gasteiger partial charge < -0.3 is 4.74 Å². The van der Waals surface area contributed by atoms with Gasteiger partial charge in [-0.25, -0.2) is 0 Å². The van der Waals surface area contributed by atoms with Crippen LogP contribution in [0.5, 0.6) is 0 Å². The Morgan fingerprint density at radius 2 is 1.82 bits per heavy atom. The van der Waals surface area contributed by atoms with Crippen LogP contribution in [-0.2, 0) is 4.74 Å². The van der Waals surface area contributed by atoms with Gasteiger partial charge in [-0.3, -0.25) is 0 Å². The number of hydrogen-bond donors (Lipinski definition) is 0. The summed E-state index contributed by atoms with van der Waals surface area (Å²) in [7, 11) is 0. The van der Waals surface area contributed by atoms with Gasteiger partial charge in [0.05, 0.1) is 12.7 Å². The van der Waals surface area contributed by atoms with Crippen molar-refractivity contribution in [3.63, 3.8) is 0 Å². The minimum atomic E-state index is 0.637. The molecule has 0 aromatic rings. The van der Waals surface area contributed by atoms with Gasteiger partial charge in [0.1, 0.15) is 0 Å². The molecule has 0 amide bonds. The second kappa shape index (κ2) is 4.76. The highest BCUT2D eigenvalue weighted by atomic mass is 16.6. The Balaban J connectivity index is 2.08. The quantitative estimate of drug-likeness (QED) is 0.538. The Morgan fingerprint density at radius 3 is 2.18 bits per heavy atom. The van der Waals surface area contributed by atoms with Crippen molar-refractivity contribution in [2.24, 2.45) is 5.92 Å². The van der Waals surface area contributed by atoms with Crippen LogP contribution in [0, 0.1) is 5.92 Å². The van der Waals surface area contributed by atoms with E-state index >= 15 is 0 Å². The summed E-state index contributed by atoms with van der Waals surface area (Å²) in [6.07, 6.45) is 7.41. The van der Waals surface area contributed by atoms with E-state index in [1.54, 1.807) is 0 Å². The van der Waals surface area contributed by atoms with Gasteiger partial charge >= 0.3 is 0 Å². The fraction of sp³-hybridized carbons (Fsp3) is 1.00. The van der Waals surface area contributed by atoms with Crippen LogP contribution in [0.3, 0.4) is 0 Å². The standard InChI is InChI=1S/C10H20O/c1-3-5-9(6-4-2)7-10-8-11-10/h9-10H,3-8H2,1-2H3. The maximum atomic E-state index is 5.23. The van der Waals surface area contributed by atoms with Crippen LogP contribution < -0.4 is 0 Å². The maximum Gasteiger partial charge on any atom is 0.0812 e. The molecule has 1 unspecified atom stereocenters. The summed E-state index contributed by atoms with van der Waals surface area (Å²) < 4.78 is 5.23. The SMILES string of the molecule is CCCC(CCC)CC1CO1. The fourth-order valence-electron chi connectivity index (χ4n) is 1.77. The van der Waals surface area contributed by atoms with Gasteiger partial charge in [0.25, 0.3) is 0 Å². The summed E-state index contributed by atoms with van der Waals surface area (Å²) in [4.78, 5) is 0. The summed E-state index contributed by atoms with van der Waals surface area (Å²) in [5.74, 6) is 0.942. The average Bonchev–Trinajstić information content (AvgIpc) is 2.73. The molecule has 0 saturated carbocycles. The van der Waals surface area contributed by atoms with Gasteiger partial charge in [0.15, 0.2) is 0 Å². The minimum absolute atomic E-state index is 0.637. The zero-order chi connectivity index (χ0) is 8.10. The first-order chi connectivity index (χ1) is 5.36. The van der Waals surface area contributed by atoms with Crippen LogP contribution in [0.2, 0.25) is 0 Å². The molecule has 1 atom stereocenters. The zero-order valence-electron chi connectivity index (χ0n) is 7.81. The summed E-state index contributed by atoms with van der Waals surface area (Å²) in [6.45, 7) is 5.58. The van der Waals surface area contributed by atoms with Crippen LogP contribution >= 0.6 is 0 Å². The first-order valence-corrected chi connectivity index (χ1v) is 4.98. The Kier molecular flexibility index (Phi) is 3.92. The number of hydrogen-bond acceptors (Lipinski definition) is 1. The molecule has 0 radical (unpaired) electrons.